The summed E-state index contributed by atoms with van der Waals surface area (Å²) in [6, 6.07) is 15.4. The number of ether oxygens (including phenoxy) is 1. The average Bonchev–Trinajstić information content (AvgIpc) is 3.83. The van der Waals surface area contributed by atoms with Gasteiger partial charge in [-0.3, -0.25) is 9.59 Å². The number of carboxylic acids is 1. The molecule has 1 saturated carbocycles. The second-order valence-corrected chi connectivity index (χ2v) is 11.6. The van der Waals surface area contributed by atoms with Crippen molar-refractivity contribution in [2.24, 2.45) is 11.8 Å². The van der Waals surface area contributed by atoms with Crippen molar-refractivity contribution in [3.05, 3.63) is 77.5 Å². The Bertz CT molecular complexity index is 1420. The quantitative estimate of drug-likeness (QED) is 0.242. The summed E-state index contributed by atoms with van der Waals surface area (Å²) >= 11 is 0. The molecule has 1 unspecified atom stereocenters. The number of pyridine rings is 1. The Morgan fingerprint density at radius 1 is 1.07 bits per heavy atom. The van der Waals surface area contributed by atoms with Gasteiger partial charge in [-0.05, 0) is 92.0 Å². The molecule has 2 atom stereocenters. The van der Waals surface area contributed by atoms with Crippen molar-refractivity contribution < 1.29 is 32.6 Å². The number of benzene rings is 2. The highest BCUT2D eigenvalue weighted by Crippen LogP contribution is 2.34. The van der Waals surface area contributed by atoms with E-state index in [1.165, 1.54) is 12.8 Å². The molecule has 2 fully saturated rings. The monoisotopic (exact) mass is 595 g/mol. The number of anilines is 1. The number of nitrogens with one attached hydrogen (secondary N) is 1. The highest BCUT2D eigenvalue weighted by molar-refractivity contribution is 5.95. The number of carbonyl (C=O) groups excluding carboxylic acids is 1. The van der Waals surface area contributed by atoms with Gasteiger partial charge in [-0.1, -0.05) is 18.2 Å². The number of amides is 1. The molecule has 2 aromatic carbocycles. The van der Waals surface area contributed by atoms with E-state index in [0.717, 1.165) is 22.3 Å². The Morgan fingerprint density at radius 2 is 1.81 bits per heavy atom. The van der Waals surface area contributed by atoms with Crippen molar-refractivity contribution in [1.29, 1.82) is 0 Å². The van der Waals surface area contributed by atoms with Gasteiger partial charge in [0.2, 0.25) is 5.88 Å². The van der Waals surface area contributed by atoms with E-state index < -0.39 is 30.5 Å². The van der Waals surface area contributed by atoms with Crippen LogP contribution >= 0.6 is 0 Å². The number of hydrogen-bond donors (Lipinski definition) is 2. The summed E-state index contributed by atoms with van der Waals surface area (Å²) < 4.78 is 45.5. The molecule has 7 nitrogen and oxygen atoms in total. The lowest BCUT2D eigenvalue weighted by molar-refractivity contribution is -0.143. The van der Waals surface area contributed by atoms with Crippen molar-refractivity contribution in [3.8, 4) is 17.0 Å². The van der Waals surface area contributed by atoms with E-state index in [1.54, 1.807) is 35.4 Å². The Morgan fingerprint density at radius 3 is 2.44 bits per heavy atom. The Kier molecular flexibility index (Phi) is 9.22. The SMILES string of the molecule is Cc1cc(-c2ccc(OCC3CC3)nc2)ccc1C(CCC(F)(F)F)Nc1ccc(C(=O)N2CCC[C@@H](C(=O)O)C2)cc1. The summed E-state index contributed by atoms with van der Waals surface area (Å²) in [5.41, 5.74) is 4.37. The molecule has 1 saturated heterocycles. The van der Waals surface area contributed by atoms with Gasteiger partial charge < -0.3 is 20.1 Å². The zero-order valence-electron chi connectivity index (χ0n) is 24.1. The van der Waals surface area contributed by atoms with E-state index >= 15 is 0 Å². The maximum absolute atomic E-state index is 13.3. The van der Waals surface area contributed by atoms with Gasteiger partial charge in [0.05, 0.1) is 18.6 Å². The number of nitrogens with zero attached hydrogens (tertiary/aromatic N) is 2. The summed E-state index contributed by atoms with van der Waals surface area (Å²) in [4.78, 5) is 30.3. The minimum Gasteiger partial charge on any atom is -0.481 e. The molecule has 10 heteroatoms. The van der Waals surface area contributed by atoms with Gasteiger partial charge in [0.25, 0.3) is 5.91 Å². The molecule has 2 N–H and O–H groups in total. The number of carboxylic acid groups (broad SMARTS) is 1. The highest BCUT2D eigenvalue weighted by Gasteiger charge is 2.30. The molecular formula is C33H36F3N3O4. The summed E-state index contributed by atoms with van der Waals surface area (Å²) in [5.74, 6) is -0.537. The van der Waals surface area contributed by atoms with Crippen LogP contribution in [0.2, 0.25) is 0 Å². The van der Waals surface area contributed by atoms with E-state index in [0.29, 0.717) is 49.0 Å². The molecule has 1 aliphatic carbocycles. The zero-order valence-corrected chi connectivity index (χ0v) is 24.1. The van der Waals surface area contributed by atoms with Crippen LogP contribution in [-0.4, -0.2) is 52.7 Å². The van der Waals surface area contributed by atoms with E-state index in [2.05, 4.69) is 10.3 Å². The van der Waals surface area contributed by atoms with Crippen molar-refractivity contribution in [1.82, 2.24) is 9.88 Å². The molecule has 0 bridgehead atoms. The maximum atomic E-state index is 13.3. The van der Waals surface area contributed by atoms with Crippen molar-refractivity contribution >= 4 is 17.6 Å². The van der Waals surface area contributed by atoms with Crippen LogP contribution in [-0.2, 0) is 4.79 Å². The van der Waals surface area contributed by atoms with Crippen molar-refractivity contribution in [2.75, 3.05) is 25.0 Å². The predicted molar refractivity (Wildman–Crippen MR) is 157 cm³/mol. The van der Waals surface area contributed by atoms with Gasteiger partial charge in [-0.15, -0.1) is 0 Å². The second-order valence-electron chi connectivity index (χ2n) is 11.6. The zero-order chi connectivity index (χ0) is 30.6. The third kappa shape index (κ3) is 8.27. The molecule has 1 amide bonds. The van der Waals surface area contributed by atoms with Gasteiger partial charge in [0.1, 0.15) is 0 Å². The first kappa shape index (κ1) is 30.4. The predicted octanol–water partition coefficient (Wildman–Crippen LogP) is 7.28. The van der Waals surface area contributed by atoms with E-state index in [-0.39, 0.29) is 18.9 Å². The van der Waals surface area contributed by atoms with Crippen LogP contribution in [0.3, 0.4) is 0 Å². The number of piperidine rings is 1. The number of carbonyl (C=O) groups is 2. The molecule has 0 spiro atoms. The number of hydrogen-bond acceptors (Lipinski definition) is 5. The normalized spacial score (nSPS) is 17.8. The molecule has 43 heavy (non-hydrogen) atoms. The van der Waals surface area contributed by atoms with E-state index in [4.69, 9.17) is 4.74 Å². The molecule has 0 radical (unpaired) electrons. The molecule has 1 aliphatic heterocycles. The first-order chi connectivity index (χ1) is 20.6. The molecule has 1 aromatic heterocycles. The lowest BCUT2D eigenvalue weighted by Crippen LogP contribution is -2.42. The maximum Gasteiger partial charge on any atom is 0.389 e. The van der Waals surface area contributed by atoms with Gasteiger partial charge >= 0.3 is 12.1 Å². The number of likely N-dealkylation sites (tertiary alicyclic amines) is 1. The van der Waals surface area contributed by atoms with Crippen LogP contribution in [0.1, 0.15) is 66.1 Å². The molecular weight excluding hydrogens is 559 g/mol. The molecule has 3 aromatic rings. The lowest BCUT2D eigenvalue weighted by atomic mass is 9.93. The third-order valence-corrected chi connectivity index (χ3v) is 8.13. The van der Waals surface area contributed by atoms with Crippen LogP contribution in [0.5, 0.6) is 5.88 Å². The first-order valence-corrected chi connectivity index (χ1v) is 14.7. The number of aryl methyl sites for hydroxylation is 1. The minimum absolute atomic E-state index is 0.163. The third-order valence-electron chi connectivity index (χ3n) is 8.13. The fourth-order valence-electron chi connectivity index (χ4n) is 5.44. The van der Waals surface area contributed by atoms with Crippen LogP contribution < -0.4 is 10.1 Å². The Balaban J connectivity index is 1.29. The topological polar surface area (TPSA) is 91.8 Å². The summed E-state index contributed by atoms with van der Waals surface area (Å²) in [7, 11) is 0. The minimum atomic E-state index is -4.30. The summed E-state index contributed by atoms with van der Waals surface area (Å²) in [6.07, 6.45) is -0.118. The van der Waals surface area contributed by atoms with Crippen molar-refractivity contribution in [3.63, 3.8) is 0 Å². The van der Waals surface area contributed by atoms with Gasteiger partial charge in [-0.25, -0.2) is 4.98 Å². The largest absolute Gasteiger partial charge is 0.481 e. The van der Waals surface area contributed by atoms with Gasteiger partial charge in [-0.2, -0.15) is 13.2 Å². The van der Waals surface area contributed by atoms with Crippen LogP contribution in [0, 0.1) is 18.8 Å². The fraction of sp³-hybridized carbons (Fsp3) is 0.424. The van der Waals surface area contributed by atoms with E-state index in [9.17, 15) is 27.9 Å². The second kappa shape index (κ2) is 13.1. The standard InChI is InChI=1S/C33H36F3N3O4/c1-21-17-24(25-9-13-30(37-18-25)43-20-22-4-5-22)8-12-28(21)29(14-15-33(34,35)36)38-27-10-6-23(7-11-27)31(40)39-16-2-3-26(19-39)32(41)42/h6-13,17-18,22,26,29,38H,2-5,14-16,19-20H2,1H3,(H,41,42)/t26-,29?/m1/s1. The number of halogens is 3. The van der Waals surface area contributed by atoms with Crippen LogP contribution in [0.15, 0.2) is 60.8 Å². The molecule has 228 valence electrons. The lowest BCUT2D eigenvalue weighted by Gasteiger charge is -2.30. The summed E-state index contributed by atoms with van der Waals surface area (Å²) in [6.45, 7) is 3.22. The van der Waals surface area contributed by atoms with Crippen LogP contribution in [0.4, 0.5) is 18.9 Å². The molecule has 5 rings (SSSR count). The summed E-state index contributed by atoms with van der Waals surface area (Å²) in [5, 5.41) is 12.6. The number of aromatic nitrogens is 1. The van der Waals surface area contributed by atoms with Gasteiger partial charge in [0, 0.05) is 48.6 Å². The molecule has 2 aliphatic rings. The van der Waals surface area contributed by atoms with Gasteiger partial charge in [0.15, 0.2) is 0 Å². The number of aliphatic carboxylic acids is 1. The molecule has 2 heterocycles. The number of alkyl halides is 3. The fourth-order valence-corrected chi connectivity index (χ4v) is 5.44. The average molecular weight is 596 g/mol. The smallest absolute Gasteiger partial charge is 0.389 e. The Labute approximate surface area is 249 Å². The highest BCUT2D eigenvalue weighted by atomic mass is 19.4. The van der Waals surface area contributed by atoms with E-state index in [1.807, 2.05) is 37.3 Å². The Hall–Kier alpha value is -4.08. The first-order valence-electron chi connectivity index (χ1n) is 14.7. The van der Waals surface area contributed by atoms with Crippen molar-refractivity contribution in [2.45, 2.75) is 57.7 Å². The van der Waals surface area contributed by atoms with Crippen LogP contribution in [0.25, 0.3) is 11.1 Å². The number of rotatable bonds is 11.